The molecule has 5 rings (SSSR count). The molecule has 0 spiro atoms. The van der Waals surface area contributed by atoms with Crippen molar-refractivity contribution in [2.75, 3.05) is 53.0 Å². The van der Waals surface area contributed by atoms with Crippen molar-refractivity contribution in [1.82, 2.24) is 9.80 Å². The number of fused-ring (bicyclic) bond motifs is 1. The number of amides is 1. The monoisotopic (exact) mass is 426 g/mol. The first-order valence-corrected chi connectivity index (χ1v) is 12.1. The third-order valence-electron chi connectivity index (χ3n) is 8.84. The topological polar surface area (TPSA) is 42.0 Å². The van der Waals surface area contributed by atoms with Crippen LogP contribution in [-0.4, -0.2) is 68.8 Å². The van der Waals surface area contributed by atoms with E-state index in [1.54, 1.807) is 7.11 Å². The summed E-state index contributed by atoms with van der Waals surface area (Å²) in [6.07, 6.45) is 5.44. The highest BCUT2D eigenvalue weighted by Crippen LogP contribution is 2.63. The first-order valence-electron chi connectivity index (χ1n) is 12.1. The molecule has 2 heterocycles. The second-order valence-electron chi connectivity index (χ2n) is 11.2. The third-order valence-corrected chi connectivity index (χ3v) is 8.84. The number of carbonyl (C=O) groups excluding carboxylic acids is 1. The summed E-state index contributed by atoms with van der Waals surface area (Å²) in [5, 5.41) is 0. The van der Waals surface area contributed by atoms with Gasteiger partial charge in [-0.3, -0.25) is 9.69 Å². The quantitative estimate of drug-likeness (QED) is 0.720. The lowest BCUT2D eigenvalue weighted by Gasteiger charge is -2.58. The second-order valence-corrected chi connectivity index (χ2v) is 11.2. The van der Waals surface area contributed by atoms with Crippen molar-refractivity contribution in [3.63, 3.8) is 0 Å². The van der Waals surface area contributed by atoms with Gasteiger partial charge in [-0.2, -0.15) is 0 Å². The minimum atomic E-state index is -0.347. The van der Waals surface area contributed by atoms with Gasteiger partial charge in [0.2, 0.25) is 5.91 Å². The molecule has 0 radical (unpaired) electrons. The Hall–Kier alpha value is -1.59. The molecule has 0 aromatic heterocycles. The summed E-state index contributed by atoms with van der Waals surface area (Å²) >= 11 is 0. The highest BCUT2D eigenvalue weighted by molar-refractivity contribution is 5.89. The number of nitrogens with zero attached hydrogens (tertiary/aromatic N) is 2. The van der Waals surface area contributed by atoms with Gasteiger partial charge in [0, 0.05) is 38.1 Å². The molecule has 1 amide bonds. The van der Waals surface area contributed by atoms with E-state index in [0.717, 1.165) is 77.4 Å². The number of hydrogen-bond donors (Lipinski definition) is 0. The largest absolute Gasteiger partial charge is 0.497 e. The van der Waals surface area contributed by atoms with E-state index < -0.39 is 0 Å². The molecule has 31 heavy (non-hydrogen) atoms. The fourth-order valence-corrected chi connectivity index (χ4v) is 7.52. The van der Waals surface area contributed by atoms with Gasteiger partial charge < -0.3 is 14.4 Å². The Kier molecular flexibility index (Phi) is 5.33. The average Bonchev–Trinajstić information content (AvgIpc) is 3.38. The van der Waals surface area contributed by atoms with Gasteiger partial charge in [0.05, 0.1) is 25.7 Å². The smallest absolute Gasteiger partial charge is 0.233 e. The number of benzene rings is 1. The number of likely N-dealkylation sites (tertiary alicyclic amines) is 1. The van der Waals surface area contributed by atoms with Crippen molar-refractivity contribution in [2.45, 2.75) is 51.4 Å². The maximum atomic E-state index is 14.1. The van der Waals surface area contributed by atoms with E-state index in [-0.39, 0.29) is 10.8 Å². The Morgan fingerprint density at radius 2 is 1.81 bits per heavy atom. The number of rotatable bonds is 5. The molecule has 4 fully saturated rings. The maximum Gasteiger partial charge on any atom is 0.233 e. The summed E-state index contributed by atoms with van der Waals surface area (Å²) in [6.45, 7) is 11.5. The molecule has 5 heteroatoms. The zero-order valence-electron chi connectivity index (χ0n) is 19.5. The molecule has 2 aliphatic carbocycles. The van der Waals surface area contributed by atoms with Crippen LogP contribution >= 0.6 is 0 Å². The van der Waals surface area contributed by atoms with Crippen LogP contribution in [-0.2, 0) is 14.9 Å². The first-order chi connectivity index (χ1) is 14.9. The lowest BCUT2D eigenvalue weighted by Crippen LogP contribution is -2.59. The Morgan fingerprint density at radius 1 is 1.13 bits per heavy atom. The summed E-state index contributed by atoms with van der Waals surface area (Å²) in [5.41, 5.74) is 1.41. The number of carbonyl (C=O) groups is 1. The van der Waals surface area contributed by atoms with Gasteiger partial charge in [-0.05, 0) is 48.3 Å². The second kappa shape index (κ2) is 7.77. The van der Waals surface area contributed by atoms with Crippen LogP contribution in [0.4, 0.5) is 0 Å². The van der Waals surface area contributed by atoms with Gasteiger partial charge in [-0.25, -0.2) is 0 Å². The van der Waals surface area contributed by atoms with E-state index in [4.69, 9.17) is 9.47 Å². The molecule has 2 aliphatic heterocycles. The normalized spacial score (nSPS) is 31.8. The van der Waals surface area contributed by atoms with Crippen LogP contribution in [0, 0.1) is 16.7 Å². The SMILES string of the molecule is COc1ccc(C2(C(=O)N3C[C@@H]4C(C)(C)C[C@]4(CN4CCOCC4)C3)CCCC2)cc1. The van der Waals surface area contributed by atoms with Crippen LogP contribution in [0.1, 0.15) is 51.5 Å². The van der Waals surface area contributed by atoms with Crippen molar-refractivity contribution in [1.29, 1.82) is 0 Å². The summed E-state index contributed by atoms with van der Waals surface area (Å²) in [6, 6.07) is 8.28. The van der Waals surface area contributed by atoms with Gasteiger partial charge in [0.1, 0.15) is 5.75 Å². The van der Waals surface area contributed by atoms with E-state index in [1.807, 2.05) is 12.1 Å². The van der Waals surface area contributed by atoms with Crippen LogP contribution in [0.25, 0.3) is 0 Å². The maximum absolute atomic E-state index is 14.1. The molecule has 5 nitrogen and oxygen atoms in total. The minimum absolute atomic E-state index is 0.260. The molecule has 2 atom stereocenters. The van der Waals surface area contributed by atoms with Crippen LogP contribution < -0.4 is 4.74 Å². The van der Waals surface area contributed by atoms with E-state index in [0.29, 0.717) is 17.2 Å². The Morgan fingerprint density at radius 3 is 2.42 bits per heavy atom. The summed E-state index contributed by atoms with van der Waals surface area (Å²) in [7, 11) is 1.70. The van der Waals surface area contributed by atoms with Gasteiger partial charge in [-0.1, -0.05) is 38.8 Å². The number of methoxy groups -OCH3 is 1. The van der Waals surface area contributed by atoms with Crippen molar-refractivity contribution in [3.05, 3.63) is 29.8 Å². The van der Waals surface area contributed by atoms with Gasteiger partial charge in [0.25, 0.3) is 0 Å². The van der Waals surface area contributed by atoms with Gasteiger partial charge >= 0.3 is 0 Å². The molecule has 0 N–H and O–H groups in total. The zero-order chi connectivity index (χ0) is 21.7. The molecular weight excluding hydrogens is 388 g/mol. The molecule has 0 bridgehead atoms. The van der Waals surface area contributed by atoms with Gasteiger partial charge in [-0.15, -0.1) is 0 Å². The van der Waals surface area contributed by atoms with Crippen LogP contribution in [0.5, 0.6) is 5.75 Å². The number of ether oxygens (including phenoxy) is 2. The van der Waals surface area contributed by atoms with Crippen molar-refractivity contribution in [2.24, 2.45) is 16.7 Å². The fourth-order valence-electron chi connectivity index (χ4n) is 7.52. The molecule has 1 aromatic carbocycles. The van der Waals surface area contributed by atoms with Crippen molar-refractivity contribution >= 4 is 5.91 Å². The first kappa shape index (κ1) is 21.3. The molecule has 4 aliphatic rings. The van der Waals surface area contributed by atoms with E-state index >= 15 is 0 Å². The summed E-state index contributed by atoms with van der Waals surface area (Å²) in [4.78, 5) is 19.0. The predicted molar refractivity (Wildman–Crippen MR) is 121 cm³/mol. The minimum Gasteiger partial charge on any atom is -0.497 e. The fraction of sp³-hybridized carbons (Fsp3) is 0.731. The highest BCUT2D eigenvalue weighted by atomic mass is 16.5. The van der Waals surface area contributed by atoms with E-state index in [9.17, 15) is 4.79 Å². The molecule has 0 unspecified atom stereocenters. The summed E-state index contributed by atoms with van der Waals surface area (Å²) in [5.74, 6) is 1.83. The Labute approximate surface area is 187 Å². The summed E-state index contributed by atoms with van der Waals surface area (Å²) < 4.78 is 10.9. The molecular formula is C26H38N2O3. The Bertz CT molecular complexity index is 808. The average molecular weight is 427 g/mol. The zero-order valence-corrected chi connectivity index (χ0v) is 19.5. The van der Waals surface area contributed by atoms with E-state index in [2.05, 4.69) is 35.8 Å². The number of morpholine rings is 1. The molecule has 2 saturated heterocycles. The van der Waals surface area contributed by atoms with Crippen LogP contribution in [0.2, 0.25) is 0 Å². The van der Waals surface area contributed by atoms with Crippen molar-refractivity contribution in [3.8, 4) is 5.75 Å². The van der Waals surface area contributed by atoms with Crippen molar-refractivity contribution < 1.29 is 14.3 Å². The molecule has 170 valence electrons. The number of hydrogen-bond acceptors (Lipinski definition) is 4. The standard InChI is InChI=1S/C26H38N2O3/c1-24(2)17-25(18-27-12-14-31-15-13-27)19-28(16-22(24)25)23(29)26(10-4-5-11-26)20-6-8-21(30-3)9-7-20/h6-9,22H,4-5,10-19H2,1-3H3/t22-,25+/m1/s1. The Balaban J connectivity index is 1.39. The predicted octanol–water partition coefficient (Wildman–Crippen LogP) is 3.71. The van der Waals surface area contributed by atoms with Gasteiger partial charge in [0.15, 0.2) is 0 Å². The molecule has 1 aromatic rings. The molecule has 2 saturated carbocycles. The van der Waals surface area contributed by atoms with Crippen LogP contribution in [0.3, 0.4) is 0 Å². The highest BCUT2D eigenvalue weighted by Gasteiger charge is 2.64. The third kappa shape index (κ3) is 3.48. The lowest BCUT2D eigenvalue weighted by atomic mass is 9.48. The lowest BCUT2D eigenvalue weighted by molar-refractivity contribution is -0.136. The van der Waals surface area contributed by atoms with E-state index in [1.165, 1.54) is 12.0 Å². The van der Waals surface area contributed by atoms with Crippen LogP contribution in [0.15, 0.2) is 24.3 Å².